The van der Waals surface area contributed by atoms with E-state index in [9.17, 15) is 0 Å². The second-order valence-electron chi connectivity index (χ2n) is 7.65. The van der Waals surface area contributed by atoms with Gasteiger partial charge in [-0.25, -0.2) is 19.5 Å². The van der Waals surface area contributed by atoms with Crippen molar-refractivity contribution in [1.82, 2.24) is 29.0 Å². The number of rotatable bonds is 3. The molecule has 1 saturated carbocycles. The SMILES string of the molecule is CC1(C)CC(Nc2ncc3c(-c4cnc5ncc(Cl)n5c4)ccn3n2)C1. The minimum atomic E-state index is 0.419. The van der Waals surface area contributed by atoms with E-state index in [2.05, 4.69) is 39.2 Å². The van der Waals surface area contributed by atoms with Crippen LogP contribution in [0.25, 0.3) is 22.4 Å². The molecule has 4 aromatic heterocycles. The van der Waals surface area contributed by atoms with Crippen molar-refractivity contribution in [1.29, 1.82) is 0 Å². The average molecular weight is 368 g/mol. The maximum atomic E-state index is 6.15. The van der Waals surface area contributed by atoms with Gasteiger partial charge in [0.15, 0.2) is 0 Å². The van der Waals surface area contributed by atoms with Gasteiger partial charge in [0, 0.05) is 35.8 Å². The number of fused-ring (bicyclic) bond motifs is 2. The zero-order valence-electron chi connectivity index (χ0n) is 14.5. The third kappa shape index (κ3) is 2.50. The maximum absolute atomic E-state index is 6.15. The van der Waals surface area contributed by atoms with Crippen LogP contribution in [0, 0.1) is 5.41 Å². The van der Waals surface area contributed by atoms with Crippen molar-refractivity contribution < 1.29 is 0 Å². The van der Waals surface area contributed by atoms with Crippen molar-refractivity contribution >= 4 is 28.8 Å². The number of anilines is 1. The maximum Gasteiger partial charge on any atom is 0.241 e. The Morgan fingerprint density at radius 2 is 1.96 bits per heavy atom. The number of aromatic nitrogens is 6. The van der Waals surface area contributed by atoms with Crippen LogP contribution in [-0.4, -0.2) is 35.0 Å². The van der Waals surface area contributed by atoms with Crippen molar-refractivity contribution in [2.24, 2.45) is 5.41 Å². The molecule has 0 bridgehead atoms. The van der Waals surface area contributed by atoms with E-state index in [0.29, 0.717) is 28.3 Å². The van der Waals surface area contributed by atoms with Crippen molar-refractivity contribution in [2.75, 3.05) is 5.32 Å². The van der Waals surface area contributed by atoms with Gasteiger partial charge in [-0.3, -0.25) is 4.40 Å². The summed E-state index contributed by atoms with van der Waals surface area (Å²) in [5.41, 5.74) is 3.27. The Morgan fingerprint density at radius 3 is 2.77 bits per heavy atom. The molecule has 1 aliphatic rings. The summed E-state index contributed by atoms with van der Waals surface area (Å²) in [6, 6.07) is 2.46. The molecule has 0 aliphatic heterocycles. The molecular formula is C18H18ClN7. The van der Waals surface area contributed by atoms with Gasteiger partial charge in [-0.05, 0) is 24.3 Å². The Labute approximate surface area is 155 Å². The third-order valence-corrected chi connectivity index (χ3v) is 5.26. The van der Waals surface area contributed by atoms with Gasteiger partial charge in [-0.15, -0.1) is 5.10 Å². The lowest BCUT2D eigenvalue weighted by Crippen LogP contribution is -2.41. The van der Waals surface area contributed by atoms with Crippen LogP contribution < -0.4 is 5.32 Å². The fourth-order valence-corrected chi connectivity index (χ4v) is 3.93. The van der Waals surface area contributed by atoms with Crippen LogP contribution in [-0.2, 0) is 0 Å². The molecule has 4 heterocycles. The predicted molar refractivity (Wildman–Crippen MR) is 100 cm³/mol. The second kappa shape index (κ2) is 5.41. The molecule has 1 aliphatic carbocycles. The molecular weight excluding hydrogens is 350 g/mol. The summed E-state index contributed by atoms with van der Waals surface area (Å²) in [7, 11) is 0. The highest BCUT2D eigenvalue weighted by atomic mass is 35.5. The first kappa shape index (κ1) is 15.6. The van der Waals surface area contributed by atoms with Crippen LogP contribution in [0.1, 0.15) is 26.7 Å². The summed E-state index contributed by atoms with van der Waals surface area (Å²) >= 11 is 6.15. The summed E-state index contributed by atoms with van der Waals surface area (Å²) in [6.45, 7) is 4.57. The van der Waals surface area contributed by atoms with Crippen LogP contribution in [0.5, 0.6) is 0 Å². The predicted octanol–water partition coefficient (Wildman–Crippen LogP) is 3.69. The van der Waals surface area contributed by atoms with Gasteiger partial charge in [-0.2, -0.15) is 0 Å². The monoisotopic (exact) mass is 367 g/mol. The summed E-state index contributed by atoms with van der Waals surface area (Å²) in [5.74, 6) is 1.24. The highest BCUT2D eigenvalue weighted by molar-refractivity contribution is 6.29. The Balaban J connectivity index is 1.48. The topological polar surface area (TPSA) is 72.4 Å². The molecule has 1 N–H and O–H groups in total. The molecule has 0 amide bonds. The number of hydrogen-bond donors (Lipinski definition) is 1. The van der Waals surface area contributed by atoms with E-state index in [4.69, 9.17) is 11.6 Å². The molecule has 0 aromatic carbocycles. The van der Waals surface area contributed by atoms with Gasteiger partial charge >= 0.3 is 0 Å². The zero-order chi connectivity index (χ0) is 17.9. The van der Waals surface area contributed by atoms with Crippen LogP contribution in [0.3, 0.4) is 0 Å². The lowest BCUT2D eigenvalue weighted by Gasteiger charge is -2.42. The molecule has 8 heteroatoms. The molecule has 0 atom stereocenters. The molecule has 0 saturated heterocycles. The van der Waals surface area contributed by atoms with E-state index in [-0.39, 0.29) is 0 Å². The highest BCUT2D eigenvalue weighted by Gasteiger charge is 2.36. The van der Waals surface area contributed by atoms with E-state index < -0.39 is 0 Å². The van der Waals surface area contributed by atoms with E-state index in [0.717, 1.165) is 29.5 Å². The standard InChI is InChI=1S/C18H18ClN7/c1-18(2)5-12(6-18)23-16-20-8-14-13(3-4-26(14)24-16)11-7-21-17-22-9-15(19)25(17)10-11/h3-4,7-10,12H,5-6H2,1-2H3,(H,23,24). The minimum Gasteiger partial charge on any atom is -0.350 e. The van der Waals surface area contributed by atoms with E-state index in [1.165, 1.54) is 0 Å². The first-order chi connectivity index (χ1) is 12.5. The number of halogens is 1. The molecule has 0 unspecified atom stereocenters. The third-order valence-electron chi connectivity index (χ3n) is 4.98. The van der Waals surface area contributed by atoms with Crippen LogP contribution in [0.2, 0.25) is 5.15 Å². The Kier molecular flexibility index (Phi) is 3.24. The largest absolute Gasteiger partial charge is 0.350 e. The average Bonchev–Trinajstić information content (AvgIpc) is 3.16. The van der Waals surface area contributed by atoms with Crippen molar-refractivity contribution in [3.8, 4) is 11.1 Å². The van der Waals surface area contributed by atoms with E-state index in [1.54, 1.807) is 16.8 Å². The second-order valence-corrected chi connectivity index (χ2v) is 8.04. The van der Waals surface area contributed by atoms with Gasteiger partial charge < -0.3 is 5.32 Å². The fraction of sp³-hybridized carbons (Fsp3) is 0.333. The van der Waals surface area contributed by atoms with Gasteiger partial charge in [0.25, 0.3) is 0 Å². The van der Waals surface area contributed by atoms with Crippen LogP contribution in [0.4, 0.5) is 5.95 Å². The number of nitrogens with one attached hydrogen (secondary N) is 1. The van der Waals surface area contributed by atoms with Crippen molar-refractivity contribution in [3.63, 3.8) is 0 Å². The Hall–Kier alpha value is -2.67. The van der Waals surface area contributed by atoms with Gasteiger partial charge in [0.05, 0.1) is 17.9 Å². The molecule has 7 nitrogen and oxygen atoms in total. The van der Waals surface area contributed by atoms with Gasteiger partial charge in [-0.1, -0.05) is 25.4 Å². The smallest absolute Gasteiger partial charge is 0.241 e. The van der Waals surface area contributed by atoms with E-state index >= 15 is 0 Å². The molecule has 4 aromatic rings. The summed E-state index contributed by atoms with van der Waals surface area (Å²) in [6.07, 6.45) is 11.4. The highest BCUT2D eigenvalue weighted by Crippen LogP contribution is 2.41. The van der Waals surface area contributed by atoms with Crippen molar-refractivity contribution in [2.45, 2.75) is 32.7 Å². The lowest BCUT2D eigenvalue weighted by atomic mass is 9.68. The quantitative estimate of drug-likeness (QED) is 0.597. The zero-order valence-corrected chi connectivity index (χ0v) is 15.3. The van der Waals surface area contributed by atoms with E-state index in [1.807, 2.05) is 29.2 Å². The Morgan fingerprint density at radius 1 is 1.15 bits per heavy atom. The minimum absolute atomic E-state index is 0.419. The fourth-order valence-electron chi connectivity index (χ4n) is 3.75. The Bertz CT molecular complexity index is 1120. The number of nitrogens with zero attached hydrogens (tertiary/aromatic N) is 6. The summed E-state index contributed by atoms with van der Waals surface area (Å²) in [5, 5.41) is 8.54. The molecule has 26 heavy (non-hydrogen) atoms. The first-order valence-corrected chi connectivity index (χ1v) is 8.96. The number of hydrogen-bond acceptors (Lipinski definition) is 5. The molecule has 132 valence electrons. The molecule has 1 fully saturated rings. The normalized spacial score (nSPS) is 16.9. The van der Waals surface area contributed by atoms with Crippen LogP contribution in [0.15, 0.2) is 37.1 Å². The molecule has 0 radical (unpaired) electrons. The summed E-state index contributed by atoms with van der Waals surface area (Å²) in [4.78, 5) is 13.0. The van der Waals surface area contributed by atoms with Crippen molar-refractivity contribution in [3.05, 3.63) is 42.2 Å². The lowest BCUT2D eigenvalue weighted by molar-refractivity contribution is 0.167. The number of imidazole rings is 1. The van der Waals surface area contributed by atoms with Gasteiger partial charge in [0.2, 0.25) is 11.7 Å². The summed E-state index contributed by atoms with van der Waals surface area (Å²) < 4.78 is 3.60. The molecule has 5 rings (SSSR count). The van der Waals surface area contributed by atoms with Crippen LogP contribution >= 0.6 is 11.6 Å². The van der Waals surface area contributed by atoms with Gasteiger partial charge in [0.1, 0.15) is 5.15 Å². The molecule has 0 spiro atoms. The first-order valence-electron chi connectivity index (χ1n) is 8.58.